The van der Waals surface area contributed by atoms with Gasteiger partial charge >= 0.3 is 0 Å². The number of ether oxygens (including phenoxy) is 2. The van der Waals surface area contributed by atoms with Gasteiger partial charge in [0.1, 0.15) is 24.4 Å². The molecule has 0 aliphatic carbocycles. The molecule has 1 aliphatic rings. The molecule has 0 aromatic carbocycles. The van der Waals surface area contributed by atoms with Gasteiger partial charge in [0.25, 0.3) is 0 Å². The lowest BCUT2D eigenvalue weighted by atomic mass is 9.99. The average molecular weight is 1010 g/mol. The topological polar surface area (TPSA) is 149 Å². The van der Waals surface area contributed by atoms with Gasteiger partial charge in [0.2, 0.25) is 5.91 Å². The lowest BCUT2D eigenvalue weighted by Gasteiger charge is -2.40. The molecule has 71 heavy (non-hydrogen) atoms. The third-order valence-corrected chi connectivity index (χ3v) is 15.4. The number of aliphatic hydroxyl groups excluding tert-OH is 5. The molecule has 1 aliphatic heterocycles. The molecule has 0 bridgehead atoms. The highest BCUT2D eigenvalue weighted by Crippen LogP contribution is 2.24. The molecule has 0 aromatic heterocycles. The minimum Gasteiger partial charge on any atom is -0.394 e. The summed E-state index contributed by atoms with van der Waals surface area (Å²) >= 11 is 0. The van der Waals surface area contributed by atoms with E-state index in [1.54, 1.807) is 0 Å². The molecule has 1 amide bonds. The van der Waals surface area contributed by atoms with Gasteiger partial charge in [-0.1, -0.05) is 289 Å². The predicted octanol–water partition coefficient (Wildman–Crippen LogP) is 16.0. The maximum Gasteiger partial charge on any atom is 0.220 e. The quantitative estimate of drug-likeness (QED) is 0.0261. The molecule has 0 saturated carbocycles. The molecule has 1 saturated heterocycles. The van der Waals surface area contributed by atoms with Crippen LogP contribution in [0.25, 0.3) is 0 Å². The van der Waals surface area contributed by atoms with E-state index in [9.17, 15) is 30.3 Å². The number of carbonyl (C=O) groups is 1. The van der Waals surface area contributed by atoms with Crippen molar-refractivity contribution in [3.8, 4) is 0 Å². The van der Waals surface area contributed by atoms with Gasteiger partial charge < -0.3 is 40.3 Å². The number of unbranched alkanes of at least 4 members (excludes halogenated alkanes) is 43. The van der Waals surface area contributed by atoms with E-state index in [0.717, 1.165) is 38.5 Å². The molecule has 0 spiro atoms. The summed E-state index contributed by atoms with van der Waals surface area (Å²) in [6.07, 6.45) is 58.3. The van der Waals surface area contributed by atoms with Gasteiger partial charge in [-0.05, 0) is 38.5 Å². The summed E-state index contributed by atoms with van der Waals surface area (Å²) in [4.78, 5) is 13.1. The van der Waals surface area contributed by atoms with Crippen LogP contribution in [0.4, 0.5) is 0 Å². The van der Waals surface area contributed by atoms with Crippen molar-refractivity contribution in [1.29, 1.82) is 0 Å². The highest BCUT2D eigenvalue weighted by molar-refractivity contribution is 5.76. The number of carbonyl (C=O) groups excluding carboxylic acids is 1. The zero-order valence-corrected chi connectivity index (χ0v) is 47.0. The van der Waals surface area contributed by atoms with Gasteiger partial charge in [-0.15, -0.1) is 0 Å². The van der Waals surface area contributed by atoms with Crippen LogP contribution in [0.15, 0.2) is 12.2 Å². The highest BCUT2D eigenvalue weighted by atomic mass is 16.7. The lowest BCUT2D eigenvalue weighted by molar-refractivity contribution is -0.302. The van der Waals surface area contributed by atoms with Crippen molar-refractivity contribution in [2.45, 2.75) is 365 Å². The van der Waals surface area contributed by atoms with E-state index < -0.39 is 49.5 Å². The Bertz CT molecular complexity index is 1120. The Morgan fingerprint density at radius 1 is 0.465 bits per heavy atom. The number of nitrogens with one attached hydrogen (secondary N) is 1. The van der Waals surface area contributed by atoms with E-state index >= 15 is 0 Å². The number of hydrogen-bond donors (Lipinski definition) is 6. The standard InChI is InChI=1S/C62H121NO8/c1-3-5-7-9-11-13-15-17-19-21-22-23-24-25-26-27-28-29-30-31-32-33-34-36-38-40-42-44-46-48-50-52-58(66)63-55(54-70-62-61(69)60(68)59(67)57(53-64)71-62)56(65)51-49-47-45-43-41-39-37-35-20-18-16-14-12-10-8-6-4-2/h21-22,55-57,59-62,64-65,67-69H,3-20,23-54H2,1-2H3,(H,63,66)/b22-21-. The van der Waals surface area contributed by atoms with E-state index in [1.165, 1.54) is 257 Å². The summed E-state index contributed by atoms with van der Waals surface area (Å²) in [6.45, 7) is 3.88. The van der Waals surface area contributed by atoms with Crippen LogP contribution in [0.5, 0.6) is 0 Å². The summed E-state index contributed by atoms with van der Waals surface area (Å²) < 4.78 is 11.3. The third-order valence-electron chi connectivity index (χ3n) is 15.4. The molecule has 7 unspecified atom stereocenters. The summed E-state index contributed by atoms with van der Waals surface area (Å²) in [6, 6.07) is -0.715. The second-order valence-corrected chi connectivity index (χ2v) is 22.2. The van der Waals surface area contributed by atoms with Gasteiger partial charge in [-0.2, -0.15) is 0 Å². The molecule has 0 radical (unpaired) electrons. The van der Waals surface area contributed by atoms with Crippen molar-refractivity contribution < 1.29 is 39.8 Å². The van der Waals surface area contributed by atoms with Crippen LogP contribution in [0, 0.1) is 0 Å². The first-order valence-electron chi connectivity index (χ1n) is 31.4. The van der Waals surface area contributed by atoms with Crippen LogP contribution >= 0.6 is 0 Å². The molecule has 1 fully saturated rings. The molecule has 422 valence electrons. The van der Waals surface area contributed by atoms with Crippen molar-refractivity contribution >= 4 is 5.91 Å². The molecule has 9 nitrogen and oxygen atoms in total. The van der Waals surface area contributed by atoms with Gasteiger partial charge in [0.15, 0.2) is 6.29 Å². The van der Waals surface area contributed by atoms with Crippen molar-refractivity contribution in [2.24, 2.45) is 0 Å². The lowest BCUT2D eigenvalue weighted by Crippen LogP contribution is -2.60. The Kier molecular flexibility index (Phi) is 50.1. The fraction of sp³-hybridized carbons (Fsp3) is 0.952. The smallest absolute Gasteiger partial charge is 0.220 e. The van der Waals surface area contributed by atoms with Crippen LogP contribution in [0.1, 0.15) is 322 Å². The van der Waals surface area contributed by atoms with Gasteiger partial charge in [0, 0.05) is 6.42 Å². The van der Waals surface area contributed by atoms with Crippen LogP contribution in [-0.2, 0) is 14.3 Å². The number of hydrogen-bond acceptors (Lipinski definition) is 8. The molecular weight excluding hydrogens is 887 g/mol. The minimum absolute atomic E-state index is 0.132. The zero-order chi connectivity index (χ0) is 51.5. The van der Waals surface area contributed by atoms with E-state index in [4.69, 9.17) is 9.47 Å². The van der Waals surface area contributed by atoms with E-state index in [0.29, 0.717) is 12.8 Å². The van der Waals surface area contributed by atoms with E-state index in [1.807, 2.05) is 0 Å². The summed E-state index contributed by atoms with van der Waals surface area (Å²) in [7, 11) is 0. The van der Waals surface area contributed by atoms with Crippen molar-refractivity contribution in [2.75, 3.05) is 13.2 Å². The SMILES string of the molecule is CCCCCCCCCC/C=C\CCCCCCCCCCCCCCCCCCCCCC(=O)NC(COC1OC(CO)C(O)C(O)C1O)C(O)CCCCCCCCCCCCCCCCCCC. The second kappa shape index (κ2) is 52.4. The van der Waals surface area contributed by atoms with Gasteiger partial charge in [-0.25, -0.2) is 0 Å². The fourth-order valence-electron chi connectivity index (χ4n) is 10.4. The summed E-state index contributed by atoms with van der Waals surface area (Å²) in [5.41, 5.74) is 0. The minimum atomic E-state index is -1.55. The molecule has 6 N–H and O–H groups in total. The predicted molar refractivity (Wildman–Crippen MR) is 300 cm³/mol. The molecule has 7 atom stereocenters. The number of amides is 1. The first kappa shape index (κ1) is 67.9. The Balaban J connectivity index is 2.11. The summed E-state index contributed by atoms with van der Waals surface area (Å²) in [5.74, 6) is -0.137. The average Bonchev–Trinajstić information content (AvgIpc) is 3.37. The monoisotopic (exact) mass is 1010 g/mol. The Hall–Kier alpha value is -1.07. The molecule has 1 heterocycles. The largest absolute Gasteiger partial charge is 0.394 e. The first-order chi connectivity index (χ1) is 34.8. The molecule has 0 aromatic rings. The van der Waals surface area contributed by atoms with Crippen LogP contribution in [0.2, 0.25) is 0 Å². The number of allylic oxidation sites excluding steroid dienone is 2. The maximum absolute atomic E-state index is 13.1. The second-order valence-electron chi connectivity index (χ2n) is 22.2. The summed E-state index contributed by atoms with van der Waals surface area (Å²) in [5, 5.41) is 54.7. The van der Waals surface area contributed by atoms with E-state index in [2.05, 4.69) is 31.3 Å². The number of rotatable bonds is 55. The van der Waals surface area contributed by atoms with Crippen molar-refractivity contribution in [1.82, 2.24) is 5.32 Å². The first-order valence-corrected chi connectivity index (χ1v) is 31.4. The van der Waals surface area contributed by atoms with Crippen LogP contribution < -0.4 is 5.32 Å². The zero-order valence-electron chi connectivity index (χ0n) is 47.0. The Morgan fingerprint density at radius 3 is 1.14 bits per heavy atom. The van der Waals surface area contributed by atoms with Crippen LogP contribution in [0.3, 0.4) is 0 Å². The fourth-order valence-corrected chi connectivity index (χ4v) is 10.4. The Labute approximate surface area is 439 Å². The molecular formula is C62H121NO8. The third kappa shape index (κ3) is 41.8. The van der Waals surface area contributed by atoms with E-state index in [-0.39, 0.29) is 12.5 Å². The maximum atomic E-state index is 13.1. The van der Waals surface area contributed by atoms with Gasteiger partial charge in [-0.3, -0.25) is 4.79 Å². The van der Waals surface area contributed by atoms with Crippen molar-refractivity contribution in [3.05, 3.63) is 12.2 Å². The number of aliphatic hydroxyl groups is 5. The Morgan fingerprint density at radius 2 is 0.789 bits per heavy atom. The normalized spacial score (nSPS) is 19.2. The molecule has 1 rings (SSSR count). The van der Waals surface area contributed by atoms with Crippen LogP contribution in [-0.4, -0.2) is 87.5 Å². The van der Waals surface area contributed by atoms with Gasteiger partial charge in [0.05, 0.1) is 25.4 Å². The highest BCUT2D eigenvalue weighted by Gasteiger charge is 2.44. The molecule has 9 heteroatoms. The van der Waals surface area contributed by atoms with Crippen molar-refractivity contribution in [3.63, 3.8) is 0 Å².